The Morgan fingerprint density at radius 1 is 1.33 bits per heavy atom. The molecule has 0 aliphatic carbocycles. The van der Waals surface area contributed by atoms with Gasteiger partial charge in [0.2, 0.25) is 5.91 Å². The van der Waals surface area contributed by atoms with Crippen LogP contribution < -0.4 is 10.6 Å². The quantitative estimate of drug-likeness (QED) is 0.888. The third-order valence-electron chi connectivity index (χ3n) is 3.26. The van der Waals surface area contributed by atoms with Crippen LogP contribution >= 0.6 is 11.3 Å². The third-order valence-corrected chi connectivity index (χ3v) is 4.52. The van der Waals surface area contributed by atoms with Gasteiger partial charge in [0.1, 0.15) is 0 Å². The van der Waals surface area contributed by atoms with E-state index in [0.717, 1.165) is 22.0 Å². The fourth-order valence-electron chi connectivity index (χ4n) is 2.29. The molecule has 112 valence electrons. The molecule has 0 radical (unpaired) electrons. The molecule has 0 spiro atoms. The minimum absolute atomic E-state index is 0.0515. The van der Waals surface area contributed by atoms with Crippen LogP contribution in [-0.2, 0) is 11.3 Å². The summed E-state index contributed by atoms with van der Waals surface area (Å²) >= 11 is 1.73. The van der Waals surface area contributed by atoms with Gasteiger partial charge in [0, 0.05) is 30.1 Å². The van der Waals surface area contributed by atoms with E-state index in [-0.39, 0.29) is 11.9 Å². The van der Waals surface area contributed by atoms with Crippen molar-refractivity contribution in [2.75, 3.05) is 5.32 Å². The first-order chi connectivity index (χ1) is 9.97. The minimum Gasteiger partial charge on any atom is -0.326 e. The van der Waals surface area contributed by atoms with E-state index in [2.05, 4.69) is 22.5 Å². The van der Waals surface area contributed by atoms with Crippen LogP contribution in [0.5, 0.6) is 0 Å². The molecule has 1 aromatic heterocycles. The zero-order chi connectivity index (χ0) is 15.4. The smallest absolute Gasteiger partial charge is 0.221 e. The summed E-state index contributed by atoms with van der Waals surface area (Å²) in [5, 5.41) is 7.46. The van der Waals surface area contributed by atoms with Crippen LogP contribution in [0.25, 0.3) is 0 Å². The van der Waals surface area contributed by atoms with E-state index in [1.54, 1.807) is 11.3 Å². The predicted molar refractivity (Wildman–Crippen MR) is 87.6 cm³/mol. The molecule has 2 N–H and O–H groups in total. The molecular formula is C16H21N3OS. The summed E-state index contributed by atoms with van der Waals surface area (Å²) < 4.78 is 0. The van der Waals surface area contributed by atoms with Gasteiger partial charge in [-0.2, -0.15) is 0 Å². The number of hydrogen-bond donors (Lipinski definition) is 2. The van der Waals surface area contributed by atoms with Gasteiger partial charge < -0.3 is 10.6 Å². The first-order valence-corrected chi connectivity index (χ1v) is 7.82. The molecular weight excluding hydrogens is 282 g/mol. The predicted octanol–water partition coefficient (Wildman–Crippen LogP) is 3.57. The molecule has 2 rings (SSSR count). The highest BCUT2D eigenvalue weighted by molar-refractivity contribution is 7.11. The highest BCUT2D eigenvalue weighted by atomic mass is 32.1. The molecule has 0 saturated heterocycles. The van der Waals surface area contributed by atoms with Gasteiger partial charge in [-0.25, -0.2) is 4.98 Å². The zero-order valence-electron chi connectivity index (χ0n) is 12.9. The van der Waals surface area contributed by atoms with Crippen molar-refractivity contribution >= 4 is 22.9 Å². The Bertz CT molecular complexity index is 636. The number of nitrogens with one attached hydrogen (secondary N) is 2. The Labute approximate surface area is 129 Å². The van der Waals surface area contributed by atoms with Crippen LogP contribution in [0.4, 0.5) is 5.69 Å². The van der Waals surface area contributed by atoms with Crippen molar-refractivity contribution in [2.24, 2.45) is 0 Å². The monoisotopic (exact) mass is 303 g/mol. The highest BCUT2D eigenvalue weighted by Crippen LogP contribution is 2.25. The zero-order valence-corrected chi connectivity index (χ0v) is 13.7. The molecule has 1 atom stereocenters. The molecule has 0 saturated carbocycles. The Balaban J connectivity index is 2.06. The topological polar surface area (TPSA) is 54.0 Å². The maximum atomic E-state index is 11.2. The fourth-order valence-corrected chi connectivity index (χ4v) is 3.24. The number of thiazole rings is 1. The molecule has 21 heavy (non-hydrogen) atoms. The first kappa shape index (κ1) is 15.7. The van der Waals surface area contributed by atoms with E-state index in [1.807, 2.05) is 38.1 Å². The van der Waals surface area contributed by atoms with Crippen molar-refractivity contribution in [3.63, 3.8) is 0 Å². The normalized spacial score (nSPS) is 12.2. The average Bonchev–Trinajstić information content (AvgIpc) is 2.76. The van der Waals surface area contributed by atoms with Gasteiger partial charge in [-0.3, -0.25) is 4.79 Å². The number of amides is 1. The number of carbonyl (C=O) groups is 1. The van der Waals surface area contributed by atoms with Crippen molar-refractivity contribution in [3.8, 4) is 0 Å². The van der Waals surface area contributed by atoms with Crippen molar-refractivity contribution < 1.29 is 4.79 Å². The van der Waals surface area contributed by atoms with E-state index >= 15 is 0 Å². The van der Waals surface area contributed by atoms with Crippen LogP contribution in [0.1, 0.15) is 41.0 Å². The van der Waals surface area contributed by atoms with E-state index in [9.17, 15) is 4.79 Å². The fraction of sp³-hybridized carbons (Fsp3) is 0.375. The van der Waals surface area contributed by atoms with Gasteiger partial charge in [0.15, 0.2) is 0 Å². The number of anilines is 1. The summed E-state index contributed by atoms with van der Waals surface area (Å²) in [7, 11) is 0. The van der Waals surface area contributed by atoms with E-state index in [0.29, 0.717) is 6.54 Å². The third kappa shape index (κ3) is 4.12. The summed E-state index contributed by atoms with van der Waals surface area (Å²) in [6, 6.07) is 8.09. The van der Waals surface area contributed by atoms with E-state index < -0.39 is 0 Å². The van der Waals surface area contributed by atoms with Crippen molar-refractivity contribution in [2.45, 2.75) is 40.3 Å². The maximum Gasteiger partial charge on any atom is 0.221 e. The molecule has 1 amide bonds. The van der Waals surface area contributed by atoms with Gasteiger partial charge in [0.05, 0.1) is 10.7 Å². The maximum absolute atomic E-state index is 11.2. The average molecular weight is 303 g/mol. The Hall–Kier alpha value is -1.72. The SMILES string of the molecule is CC(=O)Nc1ccccc1CNC(C)c1sc(C)nc1C. The lowest BCUT2D eigenvalue weighted by molar-refractivity contribution is -0.114. The summed E-state index contributed by atoms with van der Waals surface area (Å²) in [6.45, 7) is 8.44. The van der Waals surface area contributed by atoms with E-state index in [1.165, 1.54) is 11.8 Å². The van der Waals surface area contributed by atoms with Crippen LogP contribution in [0.2, 0.25) is 0 Å². The van der Waals surface area contributed by atoms with Gasteiger partial charge in [0.25, 0.3) is 0 Å². The van der Waals surface area contributed by atoms with Crippen molar-refractivity contribution in [1.82, 2.24) is 10.3 Å². The van der Waals surface area contributed by atoms with Crippen LogP contribution in [0, 0.1) is 13.8 Å². The Morgan fingerprint density at radius 3 is 2.67 bits per heavy atom. The largest absolute Gasteiger partial charge is 0.326 e. The minimum atomic E-state index is -0.0515. The number of para-hydroxylation sites is 1. The second kappa shape index (κ2) is 6.83. The highest BCUT2D eigenvalue weighted by Gasteiger charge is 2.13. The standard InChI is InChI=1S/C16H21N3OS/c1-10(16-11(2)18-13(4)21-16)17-9-14-7-5-6-8-15(14)19-12(3)20/h5-8,10,17H,9H2,1-4H3,(H,19,20). The van der Waals surface area contributed by atoms with Crippen molar-refractivity contribution in [1.29, 1.82) is 0 Å². The number of aryl methyl sites for hydroxylation is 2. The number of nitrogens with zero attached hydrogens (tertiary/aromatic N) is 1. The number of carbonyl (C=O) groups excluding carboxylic acids is 1. The number of hydrogen-bond acceptors (Lipinski definition) is 4. The first-order valence-electron chi connectivity index (χ1n) is 7.00. The molecule has 2 aromatic rings. The van der Waals surface area contributed by atoms with Crippen LogP contribution in [0.3, 0.4) is 0 Å². The van der Waals surface area contributed by atoms with E-state index in [4.69, 9.17) is 0 Å². The lowest BCUT2D eigenvalue weighted by atomic mass is 10.1. The molecule has 0 aliphatic heterocycles. The number of benzene rings is 1. The second-order valence-corrected chi connectivity index (χ2v) is 6.36. The Kier molecular flexibility index (Phi) is 5.09. The summed E-state index contributed by atoms with van der Waals surface area (Å²) in [5.41, 5.74) is 3.04. The molecule has 0 bridgehead atoms. The molecule has 0 aliphatic rings. The summed E-state index contributed by atoms with van der Waals surface area (Å²) in [4.78, 5) is 17.0. The lowest BCUT2D eigenvalue weighted by Crippen LogP contribution is -2.19. The van der Waals surface area contributed by atoms with Gasteiger partial charge in [-0.05, 0) is 32.4 Å². The molecule has 1 heterocycles. The lowest BCUT2D eigenvalue weighted by Gasteiger charge is -2.15. The Morgan fingerprint density at radius 2 is 2.05 bits per heavy atom. The van der Waals surface area contributed by atoms with Gasteiger partial charge >= 0.3 is 0 Å². The van der Waals surface area contributed by atoms with Gasteiger partial charge in [-0.15, -0.1) is 11.3 Å². The number of rotatable bonds is 5. The molecule has 0 fully saturated rings. The van der Waals surface area contributed by atoms with Crippen molar-refractivity contribution in [3.05, 3.63) is 45.4 Å². The second-order valence-electron chi connectivity index (χ2n) is 5.12. The molecule has 1 unspecified atom stereocenters. The number of aromatic nitrogens is 1. The summed E-state index contributed by atoms with van der Waals surface area (Å²) in [5.74, 6) is -0.0515. The molecule has 1 aromatic carbocycles. The van der Waals surface area contributed by atoms with Gasteiger partial charge in [-0.1, -0.05) is 18.2 Å². The summed E-state index contributed by atoms with van der Waals surface area (Å²) in [6.07, 6.45) is 0. The van der Waals surface area contributed by atoms with Crippen LogP contribution in [0.15, 0.2) is 24.3 Å². The van der Waals surface area contributed by atoms with Crippen LogP contribution in [-0.4, -0.2) is 10.9 Å². The molecule has 4 nitrogen and oxygen atoms in total. The molecule has 5 heteroatoms.